The van der Waals surface area contributed by atoms with Crippen LogP contribution >= 0.6 is 0 Å². The molecule has 4 nitrogen and oxygen atoms in total. The molecule has 1 aromatic heterocycles. The van der Waals surface area contributed by atoms with Gasteiger partial charge in [0.2, 0.25) is 0 Å². The van der Waals surface area contributed by atoms with Crippen LogP contribution < -0.4 is 11.3 Å². The van der Waals surface area contributed by atoms with Gasteiger partial charge in [-0.25, -0.2) is 4.98 Å². The van der Waals surface area contributed by atoms with E-state index in [1.165, 1.54) is 0 Å². The molecule has 0 saturated heterocycles. The third kappa shape index (κ3) is 2.71. The van der Waals surface area contributed by atoms with Crippen molar-refractivity contribution in [1.29, 1.82) is 0 Å². The lowest BCUT2D eigenvalue weighted by Crippen LogP contribution is -2.26. The van der Waals surface area contributed by atoms with Gasteiger partial charge in [0.05, 0.1) is 17.2 Å². The summed E-state index contributed by atoms with van der Waals surface area (Å²) in [5.41, 5.74) is 7.72. The first-order chi connectivity index (χ1) is 10.3. The van der Waals surface area contributed by atoms with Gasteiger partial charge in [0.25, 0.3) is 5.56 Å². The molecular weight excluding hydrogens is 262 g/mol. The molecule has 0 amide bonds. The molecule has 3 rings (SSSR count). The van der Waals surface area contributed by atoms with Gasteiger partial charge >= 0.3 is 0 Å². The zero-order valence-corrected chi connectivity index (χ0v) is 11.6. The summed E-state index contributed by atoms with van der Waals surface area (Å²) < 4.78 is 1.65. The second-order valence-electron chi connectivity index (χ2n) is 5.06. The molecule has 2 N–H and O–H groups in total. The molecule has 0 aliphatic rings. The van der Waals surface area contributed by atoms with Crippen molar-refractivity contribution in [1.82, 2.24) is 9.55 Å². The van der Waals surface area contributed by atoms with Gasteiger partial charge in [0, 0.05) is 19.0 Å². The Bertz CT molecular complexity index is 796. The Labute approximate surface area is 122 Å². The number of nitrogens with two attached hydrogens (primary N) is 1. The van der Waals surface area contributed by atoms with Crippen LogP contribution in [0.25, 0.3) is 10.9 Å². The molecule has 4 heteroatoms. The van der Waals surface area contributed by atoms with Gasteiger partial charge in [0.15, 0.2) is 0 Å². The number of benzene rings is 2. The van der Waals surface area contributed by atoms with E-state index in [0.29, 0.717) is 18.5 Å². The SMILES string of the molecule is NCC(Cn1cnc2ccccc2c1=O)c1ccccc1. The lowest BCUT2D eigenvalue weighted by Gasteiger charge is -2.16. The first kappa shape index (κ1) is 13.5. The first-order valence-corrected chi connectivity index (χ1v) is 6.99. The van der Waals surface area contributed by atoms with E-state index < -0.39 is 0 Å². The van der Waals surface area contributed by atoms with E-state index in [0.717, 1.165) is 11.1 Å². The third-order valence-electron chi connectivity index (χ3n) is 3.70. The summed E-state index contributed by atoms with van der Waals surface area (Å²) >= 11 is 0. The molecule has 106 valence electrons. The summed E-state index contributed by atoms with van der Waals surface area (Å²) in [5.74, 6) is 0.104. The molecule has 1 unspecified atom stereocenters. The summed E-state index contributed by atoms with van der Waals surface area (Å²) in [5, 5.41) is 0.642. The van der Waals surface area contributed by atoms with Crippen LogP contribution in [0.15, 0.2) is 65.7 Å². The van der Waals surface area contributed by atoms with Gasteiger partial charge < -0.3 is 5.73 Å². The smallest absolute Gasteiger partial charge is 0.261 e. The predicted molar refractivity (Wildman–Crippen MR) is 84.2 cm³/mol. The van der Waals surface area contributed by atoms with Gasteiger partial charge in [-0.3, -0.25) is 9.36 Å². The zero-order chi connectivity index (χ0) is 14.7. The van der Waals surface area contributed by atoms with Crippen molar-refractivity contribution >= 4 is 10.9 Å². The quantitative estimate of drug-likeness (QED) is 0.796. The van der Waals surface area contributed by atoms with E-state index in [1.54, 1.807) is 17.0 Å². The minimum atomic E-state index is -0.0185. The first-order valence-electron chi connectivity index (χ1n) is 6.99. The third-order valence-corrected chi connectivity index (χ3v) is 3.70. The fraction of sp³-hybridized carbons (Fsp3) is 0.176. The van der Waals surface area contributed by atoms with Crippen LogP contribution in [-0.4, -0.2) is 16.1 Å². The molecule has 0 fully saturated rings. The van der Waals surface area contributed by atoms with Gasteiger partial charge in [-0.1, -0.05) is 42.5 Å². The van der Waals surface area contributed by atoms with Crippen LogP contribution in [0.1, 0.15) is 11.5 Å². The number of fused-ring (bicyclic) bond motifs is 1. The standard InChI is InChI=1S/C17H17N3O/c18-10-14(13-6-2-1-3-7-13)11-20-12-19-16-9-5-4-8-15(16)17(20)21/h1-9,12,14H,10-11,18H2. The van der Waals surface area contributed by atoms with Crippen molar-refractivity contribution in [2.45, 2.75) is 12.5 Å². The van der Waals surface area contributed by atoms with Crippen LogP contribution in [0.5, 0.6) is 0 Å². The van der Waals surface area contributed by atoms with E-state index in [1.807, 2.05) is 48.5 Å². The van der Waals surface area contributed by atoms with Crippen molar-refractivity contribution in [3.63, 3.8) is 0 Å². The molecule has 21 heavy (non-hydrogen) atoms. The predicted octanol–water partition coefficient (Wildman–Crippen LogP) is 2.14. The van der Waals surface area contributed by atoms with Crippen LogP contribution in [-0.2, 0) is 6.54 Å². The Morgan fingerprint density at radius 3 is 2.52 bits per heavy atom. The van der Waals surface area contributed by atoms with Gasteiger partial charge in [0.1, 0.15) is 0 Å². The molecule has 1 atom stereocenters. The van der Waals surface area contributed by atoms with Gasteiger partial charge in [-0.05, 0) is 17.7 Å². The second-order valence-corrected chi connectivity index (χ2v) is 5.06. The Morgan fingerprint density at radius 1 is 1.05 bits per heavy atom. The lowest BCUT2D eigenvalue weighted by molar-refractivity contribution is 0.549. The minimum Gasteiger partial charge on any atom is -0.330 e. The molecule has 2 aromatic carbocycles. The second kappa shape index (κ2) is 5.89. The van der Waals surface area contributed by atoms with E-state index >= 15 is 0 Å². The Kier molecular flexibility index (Phi) is 3.79. The molecule has 1 heterocycles. The molecular formula is C17H17N3O. The minimum absolute atomic E-state index is 0.0185. The topological polar surface area (TPSA) is 60.9 Å². The van der Waals surface area contributed by atoms with E-state index in [2.05, 4.69) is 4.98 Å². The highest BCUT2D eigenvalue weighted by atomic mass is 16.1. The largest absolute Gasteiger partial charge is 0.330 e. The van der Waals surface area contributed by atoms with Crippen molar-refractivity contribution in [3.05, 3.63) is 76.8 Å². The molecule has 0 radical (unpaired) electrons. The number of nitrogens with zero attached hydrogens (tertiary/aromatic N) is 2. The molecule has 0 spiro atoms. The highest BCUT2D eigenvalue weighted by Gasteiger charge is 2.12. The number of hydrogen-bond acceptors (Lipinski definition) is 3. The highest BCUT2D eigenvalue weighted by Crippen LogP contribution is 2.16. The maximum atomic E-state index is 12.5. The molecule has 0 saturated carbocycles. The van der Waals surface area contributed by atoms with E-state index in [4.69, 9.17) is 5.73 Å². The Morgan fingerprint density at radius 2 is 1.76 bits per heavy atom. The summed E-state index contributed by atoms with van der Waals surface area (Å²) in [7, 11) is 0. The summed E-state index contributed by atoms with van der Waals surface area (Å²) in [6.45, 7) is 1.03. The number of rotatable bonds is 4. The number of hydrogen-bond donors (Lipinski definition) is 1. The maximum absolute atomic E-state index is 12.5. The molecule has 3 aromatic rings. The van der Waals surface area contributed by atoms with Gasteiger partial charge in [-0.15, -0.1) is 0 Å². The van der Waals surface area contributed by atoms with Crippen LogP contribution in [0.2, 0.25) is 0 Å². The normalized spacial score (nSPS) is 12.4. The van der Waals surface area contributed by atoms with Crippen LogP contribution in [0.4, 0.5) is 0 Å². The molecule has 0 bridgehead atoms. The summed E-state index contributed by atoms with van der Waals surface area (Å²) in [6.07, 6.45) is 1.61. The van der Waals surface area contributed by atoms with Gasteiger partial charge in [-0.2, -0.15) is 0 Å². The van der Waals surface area contributed by atoms with Crippen molar-refractivity contribution in [3.8, 4) is 0 Å². The van der Waals surface area contributed by atoms with Crippen molar-refractivity contribution in [2.75, 3.05) is 6.54 Å². The van der Waals surface area contributed by atoms with E-state index in [9.17, 15) is 4.79 Å². The van der Waals surface area contributed by atoms with Crippen molar-refractivity contribution < 1.29 is 0 Å². The van der Waals surface area contributed by atoms with Crippen LogP contribution in [0.3, 0.4) is 0 Å². The average molecular weight is 279 g/mol. The Hall–Kier alpha value is -2.46. The lowest BCUT2D eigenvalue weighted by atomic mass is 9.99. The van der Waals surface area contributed by atoms with Crippen molar-refractivity contribution in [2.24, 2.45) is 5.73 Å². The molecule has 0 aliphatic heterocycles. The summed E-state index contributed by atoms with van der Waals surface area (Å²) in [4.78, 5) is 16.8. The monoisotopic (exact) mass is 279 g/mol. The van der Waals surface area contributed by atoms with E-state index in [-0.39, 0.29) is 11.5 Å². The fourth-order valence-corrected chi connectivity index (χ4v) is 2.51. The maximum Gasteiger partial charge on any atom is 0.261 e. The fourth-order valence-electron chi connectivity index (χ4n) is 2.51. The highest BCUT2D eigenvalue weighted by molar-refractivity contribution is 5.76. The van der Waals surface area contributed by atoms with Crippen LogP contribution in [0, 0.1) is 0 Å². The zero-order valence-electron chi connectivity index (χ0n) is 11.6. The molecule has 0 aliphatic carbocycles. The summed E-state index contributed by atoms with van der Waals surface area (Å²) in [6, 6.07) is 17.4. The average Bonchev–Trinajstić information content (AvgIpc) is 2.55. The number of aromatic nitrogens is 2. The number of para-hydroxylation sites is 1. The Balaban J connectivity index is 1.97.